The average molecular weight is 314 g/mol. The molecule has 0 radical (unpaired) electrons. The number of carboxylic acid groups (broad SMARTS) is 1. The first-order chi connectivity index (χ1) is 10.0. The van der Waals surface area contributed by atoms with Crippen molar-refractivity contribution in [3.05, 3.63) is 0 Å². The van der Waals surface area contributed by atoms with Crippen LogP contribution in [0.1, 0.15) is 47.5 Å². The number of carbonyl (C=O) groups is 3. The summed E-state index contributed by atoms with van der Waals surface area (Å²) in [7, 11) is 0. The maximum absolute atomic E-state index is 12.6. The molecule has 126 valence electrons. The smallest absolute Gasteiger partial charge is 0.408 e. The minimum Gasteiger partial charge on any atom is -0.480 e. The SMILES string of the molecule is CC(C)C(NC(=O)OC(C)(C)C)C(=O)N1CCC[C@H]1C(=O)O. The number of carbonyl (C=O) groups excluding carboxylic acids is 2. The van der Waals surface area contributed by atoms with Gasteiger partial charge in [-0.2, -0.15) is 0 Å². The molecule has 1 saturated heterocycles. The molecule has 0 aromatic rings. The molecule has 1 unspecified atom stereocenters. The lowest BCUT2D eigenvalue weighted by Gasteiger charge is -2.30. The van der Waals surface area contributed by atoms with Gasteiger partial charge in [0, 0.05) is 6.54 Å². The van der Waals surface area contributed by atoms with Gasteiger partial charge in [0.25, 0.3) is 0 Å². The molecule has 0 saturated carbocycles. The van der Waals surface area contributed by atoms with E-state index >= 15 is 0 Å². The Morgan fingerprint density at radius 3 is 2.32 bits per heavy atom. The van der Waals surface area contributed by atoms with Crippen LogP contribution in [0, 0.1) is 5.92 Å². The zero-order valence-electron chi connectivity index (χ0n) is 13.9. The predicted octanol–water partition coefficient (Wildman–Crippen LogP) is 1.61. The van der Waals surface area contributed by atoms with Gasteiger partial charge in [-0.1, -0.05) is 13.8 Å². The molecule has 1 rings (SSSR count). The molecular weight excluding hydrogens is 288 g/mol. The first-order valence-corrected chi connectivity index (χ1v) is 7.55. The van der Waals surface area contributed by atoms with Gasteiger partial charge < -0.3 is 20.1 Å². The Hall–Kier alpha value is -1.79. The van der Waals surface area contributed by atoms with E-state index in [-0.39, 0.29) is 11.8 Å². The highest BCUT2D eigenvalue weighted by molar-refractivity contribution is 5.90. The summed E-state index contributed by atoms with van der Waals surface area (Å²) < 4.78 is 5.17. The fourth-order valence-corrected chi connectivity index (χ4v) is 2.41. The summed E-state index contributed by atoms with van der Waals surface area (Å²) in [5.74, 6) is -1.55. The lowest BCUT2D eigenvalue weighted by Crippen LogP contribution is -2.54. The number of nitrogens with one attached hydrogen (secondary N) is 1. The second-order valence-electron chi connectivity index (χ2n) is 6.90. The van der Waals surface area contributed by atoms with E-state index in [0.717, 1.165) is 0 Å². The number of hydrogen-bond donors (Lipinski definition) is 2. The monoisotopic (exact) mass is 314 g/mol. The lowest BCUT2D eigenvalue weighted by atomic mass is 10.0. The van der Waals surface area contributed by atoms with Crippen molar-refractivity contribution < 1.29 is 24.2 Å². The first kappa shape index (κ1) is 18.3. The molecule has 2 N–H and O–H groups in total. The van der Waals surface area contributed by atoms with E-state index in [0.29, 0.717) is 19.4 Å². The Morgan fingerprint density at radius 1 is 1.27 bits per heavy atom. The minimum atomic E-state index is -1.01. The second-order valence-corrected chi connectivity index (χ2v) is 6.90. The number of ether oxygens (including phenoxy) is 1. The quantitative estimate of drug-likeness (QED) is 0.822. The number of nitrogens with zero attached hydrogens (tertiary/aromatic N) is 1. The highest BCUT2D eigenvalue weighted by Crippen LogP contribution is 2.20. The number of aliphatic carboxylic acids is 1. The van der Waals surface area contributed by atoms with Crippen molar-refractivity contribution in [2.24, 2.45) is 5.92 Å². The molecule has 2 atom stereocenters. The van der Waals surface area contributed by atoms with Gasteiger partial charge in [0.05, 0.1) is 0 Å². The van der Waals surface area contributed by atoms with Crippen LogP contribution in [0.2, 0.25) is 0 Å². The Kier molecular flexibility index (Phi) is 5.79. The van der Waals surface area contributed by atoms with Crippen LogP contribution in [0.3, 0.4) is 0 Å². The molecule has 0 aromatic heterocycles. The standard InChI is InChI=1S/C15H26N2O5/c1-9(2)11(16-14(21)22-15(3,4)5)12(18)17-8-6-7-10(17)13(19)20/h9-11H,6-8H2,1-5H3,(H,16,21)(H,19,20)/t10-,11?/m0/s1. The fraction of sp³-hybridized carbons (Fsp3) is 0.800. The van der Waals surface area contributed by atoms with Crippen LogP contribution < -0.4 is 5.32 Å². The van der Waals surface area contributed by atoms with Crippen LogP contribution in [0.5, 0.6) is 0 Å². The van der Waals surface area contributed by atoms with Crippen LogP contribution >= 0.6 is 0 Å². The third-order valence-electron chi connectivity index (χ3n) is 3.43. The van der Waals surface area contributed by atoms with Crippen molar-refractivity contribution in [3.8, 4) is 0 Å². The Morgan fingerprint density at radius 2 is 1.86 bits per heavy atom. The molecule has 0 spiro atoms. The van der Waals surface area contributed by atoms with Crippen molar-refractivity contribution in [3.63, 3.8) is 0 Å². The summed E-state index contributed by atoms with van der Waals surface area (Å²) in [4.78, 5) is 37.0. The summed E-state index contributed by atoms with van der Waals surface area (Å²) in [5.41, 5.74) is -0.661. The molecule has 1 aliphatic rings. The van der Waals surface area contributed by atoms with E-state index < -0.39 is 29.7 Å². The van der Waals surface area contributed by atoms with Gasteiger partial charge in [0.1, 0.15) is 17.7 Å². The summed E-state index contributed by atoms with van der Waals surface area (Å²) in [5, 5.41) is 11.7. The van der Waals surface area contributed by atoms with Crippen LogP contribution in [0.25, 0.3) is 0 Å². The van der Waals surface area contributed by atoms with E-state index in [1.807, 2.05) is 0 Å². The van der Waals surface area contributed by atoms with Crippen molar-refractivity contribution >= 4 is 18.0 Å². The molecule has 0 bridgehead atoms. The van der Waals surface area contributed by atoms with Gasteiger partial charge in [-0.25, -0.2) is 9.59 Å². The number of rotatable bonds is 4. The van der Waals surface area contributed by atoms with Gasteiger partial charge in [-0.3, -0.25) is 4.79 Å². The molecule has 1 fully saturated rings. The maximum Gasteiger partial charge on any atom is 0.408 e. The summed E-state index contributed by atoms with van der Waals surface area (Å²) >= 11 is 0. The lowest BCUT2D eigenvalue weighted by molar-refractivity contribution is -0.149. The molecule has 0 aromatic carbocycles. The molecule has 22 heavy (non-hydrogen) atoms. The number of alkyl carbamates (subject to hydrolysis) is 1. The summed E-state index contributed by atoms with van der Waals surface area (Å²) in [6.07, 6.45) is 0.420. The topological polar surface area (TPSA) is 95.9 Å². The van der Waals surface area contributed by atoms with Crippen molar-refractivity contribution in [1.82, 2.24) is 10.2 Å². The summed E-state index contributed by atoms with van der Waals surface area (Å²) in [6.45, 7) is 9.20. The van der Waals surface area contributed by atoms with E-state index in [9.17, 15) is 19.5 Å². The third kappa shape index (κ3) is 4.89. The average Bonchev–Trinajstić information content (AvgIpc) is 2.81. The van der Waals surface area contributed by atoms with Crippen LogP contribution in [-0.2, 0) is 14.3 Å². The molecule has 7 heteroatoms. The Balaban J connectivity index is 2.80. The first-order valence-electron chi connectivity index (χ1n) is 7.55. The van der Waals surface area contributed by atoms with Crippen molar-refractivity contribution in [1.29, 1.82) is 0 Å². The van der Waals surface area contributed by atoms with Crippen molar-refractivity contribution in [2.75, 3.05) is 6.54 Å². The van der Waals surface area contributed by atoms with Gasteiger partial charge >= 0.3 is 12.1 Å². The van der Waals surface area contributed by atoms with E-state index in [2.05, 4.69) is 5.32 Å². The molecular formula is C15H26N2O5. The number of carboxylic acids is 1. The highest BCUT2D eigenvalue weighted by Gasteiger charge is 2.39. The summed E-state index contributed by atoms with van der Waals surface area (Å²) in [6, 6.07) is -1.61. The molecule has 2 amide bonds. The maximum atomic E-state index is 12.6. The molecule has 7 nitrogen and oxygen atoms in total. The van der Waals surface area contributed by atoms with Gasteiger partial charge in [-0.05, 0) is 39.5 Å². The number of amides is 2. The van der Waals surface area contributed by atoms with E-state index in [4.69, 9.17) is 4.74 Å². The Labute approximate surface area is 131 Å². The van der Waals surface area contributed by atoms with E-state index in [1.54, 1.807) is 34.6 Å². The number of likely N-dealkylation sites (tertiary alicyclic amines) is 1. The third-order valence-corrected chi connectivity index (χ3v) is 3.43. The van der Waals surface area contributed by atoms with Gasteiger partial charge in [0.15, 0.2) is 0 Å². The molecule has 1 heterocycles. The van der Waals surface area contributed by atoms with Gasteiger partial charge in [-0.15, -0.1) is 0 Å². The zero-order valence-corrected chi connectivity index (χ0v) is 13.9. The zero-order chi connectivity index (χ0) is 17.1. The largest absolute Gasteiger partial charge is 0.480 e. The predicted molar refractivity (Wildman–Crippen MR) is 80.4 cm³/mol. The van der Waals surface area contributed by atoms with Crippen LogP contribution in [-0.4, -0.2) is 52.2 Å². The van der Waals surface area contributed by atoms with E-state index in [1.165, 1.54) is 4.90 Å². The minimum absolute atomic E-state index is 0.171. The fourth-order valence-electron chi connectivity index (χ4n) is 2.41. The van der Waals surface area contributed by atoms with Gasteiger partial charge in [0.2, 0.25) is 5.91 Å². The van der Waals surface area contributed by atoms with Crippen LogP contribution in [0.15, 0.2) is 0 Å². The van der Waals surface area contributed by atoms with Crippen molar-refractivity contribution in [2.45, 2.75) is 65.1 Å². The number of hydrogen-bond acceptors (Lipinski definition) is 4. The second kappa shape index (κ2) is 6.98. The molecule has 0 aliphatic carbocycles. The normalized spacial score (nSPS) is 19.9. The van der Waals surface area contributed by atoms with Crippen LogP contribution in [0.4, 0.5) is 4.79 Å². The molecule has 1 aliphatic heterocycles. The highest BCUT2D eigenvalue weighted by atomic mass is 16.6. The Bertz CT molecular complexity index is 442.